The number of esters is 2. The molecular weight excluding hydrogens is 737 g/mol. The molecule has 0 bridgehead atoms. The lowest BCUT2D eigenvalue weighted by Gasteiger charge is -2.20. The van der Waals surface area contributed by atoms with Gasteiger partial charge in [0.05, 0.1) is 13.2 Å². The molecule has 0 radical (unpaired) electrons. The van der Waals surface area contributed by atoms with Gasteiger partial charge >= 0.3 is 19.8 Å². The van der Waals surface area contributed by atoms with Crippen LogP contribution in [0.4, 0.5) is 0 Å². The monoisotopic (exact) mass is 814 g/mol. The molecule has 0 aromatic rings. The van der Waals surface area contributed by atoms with Crippen molar-refractivity contribution in [3.63, 3.8) is 0 Å². The van der Waals surface area contributed by atoms with Gasteiger partial charge in [0.1, 0.15) is 6.61 Å². The van der Waals surface area contributed by atoms with Crippen molar-refractivity contribution in [1.29, 1.82) is 0 Å². The second kappa shape index (κ2) is 40.9. The first-order valence-corrected chi connectivity index (χ1v) is 22.7. The minimum Gasteiger partial charge on any atom is -0.462 e. The molecule has 0 aliphatic heterocycles. The number of ether oxygens (including phenoxy) is 2. The summed E-state index contributed by atoms with van der Waals surface area (Å²) in [5, 5.41) is 0. The third-order valence-electron chi connectivity index (χ3n) is 8.07. The van der Waals surface area contributed by atoms with Crippen molar-refractivity contribution in [2.45, 2.75) is 136 Å². The molecule has 0 amide bonds. The highest BCUT2D eigenvalue weighted by Gasteiger charge is 2.26. The van der Waals surface area contributed by atoms with E-state index in [-0.39, 0.29) is 26.1 Å². The number of phosphoric acid groups is 1. The highest BCUT2D eigenvalue weighted by atomic mass is 31.2. The Morgan fingerprint density at radius 2 is 0.965 bits per heavy atom. The van der Waals surface area contributed by atoms with E-state index in [2.05, 4.69) is 117 Å². The number of hydrogen-bond donors (Lipinski definition) is 1. The Bertz CT molecular complexity index is 1310. The SMILES string of the molecule is CC/C=C\C/C=C\C/C=C\C/C=C\C/C=C\CCCC(=O)OC(COC(=O)CCCCCC/C=C\C/C=C\C/C=C\C/C=C\CC)COP(=O)(O)OCCN(C)C. The zero-order chi connectivity index (χ0) is 41.9. The third-order valence-corrected chi connectivity index (χ3v) is 9.06. The topological polar surface area (TPSA) is 112 Å². The summed E-state index contributed by atoms with van der Waals surface area (Å²) in [6.07, 6.45) is 52.9. The molecule has 0 saturated heterocycles. The van der Waals surface area contributed by atoms with Gasteiger partial charge in [-0.1, -0.05) is 136 Å². The number of allylic oxidation sites excluding steroid dienone is 18. The minimum absolute atomic E-state index is 0.0144. The van der Waals surface area contributed by atoms with Crippen LogP contribution in [0.25, 0.3) is 0 Å². The Labute approximate surface area is 346 Å². The van der Waals surface area contributed by atoms with Crippen LogP contribution in [0.5, 0.6) is 0 Å². The summed E-state index contributed by atoms with van der Waals surface area (Å²) >= 11 is 0. The number of carbonyl (C=O) groups excluding carboxylic acids is 2. The number of rotatable bonds is 37. The fraction of sp³-hybridized carbons (Fsp3) is 0.574. The van der Waals surface area contributed by atoms with Crippen molar-refractivity contribution in [3.8, 4) is 0 Å². The molecule has 2 unspecified atom stereocenters. The fourth-order valence-corrected chi connectivity index (χ4v) is 5.63. The van der Waals surface area contributed by atoms with E-state index in [1.54, 1.807) is 4.90 Å². The fourth-order valence-electron chi connectivity index (χ4n) is 4.89. The Balaban J connectivity index is 4.48. The molecule has 2 atom stereocenters. The summed E-state index contributed by atoms with van der Waals surface area (Å²) in [6, 6.07) is 0. The molecule has 0 rings (SSSR count). The largest absolute Gasteiger partial charge is 0.472 e. The molecule has 0 aliphatic carbocycles. The summed E-state index contributed by atoms with van der Waals surface area (Å²) < 4.78 is 33.4. The molecule has 0 aliphatic rings. The summed E-state index contributed by atoms with van der Waals surface area (Å²) in [4.78, 5) is 37.0. The van der Waals surface area contributed by atoms with E-state index in [4.69, 9.17) is 18.5 Å². The van der Waals surface area contributed by atoms with Crippen molar-refractivity contribution in [2.24, 2.45) is 0 Å². The van der Waals surface area contributed by atoms with Gasteiger partial charge in [-0.05, 0) is 104 Å². The maximum absolute atomic E-state index is 12.6. The highest BCUT2D eigenvalue weighted by Crippen LogP contribution is 2.43. The van der Waals surface area contributed by atoms with Gasteiger partial charge < -0.3 is 19.3 Å². The lowest BCUT2D eigenvalue weighted by atomic mass is 10.1. The van der Waals surface area contributed by atoms with Gasteiger partial charge in [-0.2, -0.15) is 0 Å². The van der Waals surface area contributed by atoms with E-state index in [1.807, 2.05) is 20.2 Å². The highest BCUT2D eigenvalue weighted by molar-refractivity contribution is 7.47. The smallest absolute Gasteiger partial charge is 0.462 e. The quantitative estimate of drug-likeness (QED) is 0.0283. The number of unbranched alkanes of at least 4 members (excludes halogenated alkanes) is 5. The molecule has 0 saturated carbocycles. The van der Waals surface area contributed by atoms with E-state index in [9.17, 15) is 19.0 Å². The molecule has 0 fully saturated rings. The molecule has 10 heteroatoms. The van der Waals surface area contributed by atoms with Gasteiger partial charge in [-0.15, -0.1) is 0 Å². The maximum Gasteiger partial charge on any atom is 0.472 e. The van der Waals surface area contributed by atoms with Crippen LogP contribution >= 0.6 is 7.82 Å². The molecule has 0 spiro atoms. The zero-order valence-electron chi connectivity index (χ0n) is 35.7. The Morgan fingerprint density at radius 3 is 1.44 bits per heavy atom. The molecule has 0 aromatic heterocycles. The van der Waals surface area contributed by atoms with Crippen LogP contribution in [0.1, 0.15) is 129 Å². The summed E-state index contributed by atoms with van der Waals surface area (Å²) in [6.45, 7) is 3.96. The van der Waals surface area contributed by atoms with E-state index in [0.29, 0.717) is 25.8 Å². The number of likely N-dealkylation sites (N-methyl/N-ethyl adjacent to an activating group) is 1. The van der Waals surface area contributed by atoms with E-state index in [1.165, 1.54) is 0 Å². The first-order valence-electron chi connectivity index (χ1n) is 21.2. The second-order valence-electron chi connectivity index (χ2n) is 13.7. The number of phosphoric ester groups is 1. The van der Waals surface area contributed by atoms with Crippen LogP contribution in [0.2, 0.25) is 0 Å². The average molecular weight is 814 g/mol. The predicted molar refractivity (Wildman–Crippen MR) is 238 cm³/mol. The Kier molecular flexibility index (Phi) is 38.5. The Morgan fingerprint density at radius 1 is 0.544 bits per heavy atom. The van der Waals surface area contributed by atoms with Gasteiger partial charge in [-0.3, -0.25) is 18.6 Å². The van der Waals surface area contributed by atoms with Crippen molar-refractivity contribution in [2.75, 3.05) is 40.5 Å². The second-order valence-corrected chi connectivity index (χ2v) is 15.2. The lowest BCUT2D eigenvalue weighted by molar-refractivity contribution is -0.161. The Hall–Kier alpha value is -3.33. The molecule has 0 aromatic carbocycles. The standard InChI is InChI=1S/C47H76NO8P/c1-5-7-9-11-13-15-17-19-21-23-25-27-29-31-33-35-37-39-46(49)53-43-45(44-55-57(51,52)54-42-41-48(3)4)56-47(50)40-38-36-34-32-30-28-26-24-22-20-18-16-14-12-10-8-6-2/h7-10,13-16,19-22,25-28,32,34,45H,5-6,11-12,17-18,23-24,29-31,33,35-44H2,1-4H3,(H,51,52)/b9-7-,10-8-,15-13-,16-14-,21-19-,22-20-,27-25-,28-26-,34-32-. The molecule has 57 heavy (non-hydrogen) atoms. The zero-order valence-corrected chi connectivity index (χ0v) is 36.6. The summed E-state index contributed by atoms with van der Waals surface area (Å²) in [5.74, 6) is -0.913. The normalized spacial score (nSPS) is 14.5. The van der Waals surface area contributed by atoms with Crippen molar-refractivity contribution in [1.82, 2.24) is 4.90 Å². The van der Waals surface area contributed by atoms with Gasteiger partial charge in [0.25, 0.3) is 0 Å². The summed E-state index contributed by atoms with van der Waals surface area (Å²) in [7, 11) is -0.770. The first kappa shape index (κ1) is 53.7. The van der Waals surface area contributed by atoms with E-state index >= 15 is 0 Å². The first-order chi connectivity index (χ1) is 27.7. The van der Waals surface area contributed by atoms with Crippen LogP contribution in [0, 0.1) is 0 Å². The predicted octanol–water partition coefficient (Wildman–Crippen LogP) is 12.2. The van der Waals surface area contributed by atoms with Crippen LogP contribution < -0.4 is 0 Å². The summed E-state index contributed by atoms with van der Waals surface area (Å²) in [5.41, 5.74) is 0. The van der Waals surface area contributed by atoms with Gasteiger partial charge in [-0.25, -0.2) is 4.57 Å². The molecule has 1 N–H and O–H groups in total. The van der Waals surface area contributed by atoms with Crippen LogP contribution in [0.3, 0.4) is 0 Å². The van der Waals surface area contributed by atoms with Crippen molar-refractivity contribution >= 4 is 19.8 Å². The van der Waals surface area contributed by atoms with Crippen LogP contribution in [0.15, 0.2) is 109 Å². The third kappa shape index (κ3) is 42.1. The van der Waals surface area contributed by atoms with Crippen molar-refractivity contribution in [3.05, 3.63) is 109 Å². The lowest BCUT2D eigenvalue weighted by Crippen LogP contribution is -2.29. The minimum atomic E-state index is -4.39. The van der Waals surface area contributed by atoms with Gasteiger partial charge in [0.2, 0.25) is 0 Å². The maximum atomic E-state index is 12.6. The van der Waals surface area contributed by atoms with Gasteiger partial charge in [0, 0.05) is 19.4 Å². The number of carbonyl (C=O) groups is 2. The number of nitrogens with zero attached hydrogens (tertiary/aromatic N) is 1. The van der Waals surface area contributed by atoms with E-state index < -0.39 is 32.5 Å². The van der Waals surface area contributed by atoms with Gasteiger partial charge in [0.15, 0.2) is 6.10 Å². The number of hydrogen-bond acceptors (Lipinski definition) is 8. The molecule has 0 heterocycles. The van der Waals surface area contributed by atoms with Crippen molar-refractivity contribution < 1.29 is 37.6 Å². The van der Waals surface area contributed by atoms with Crippen LogP contribution in [-0.2, 0) is 32.7 Å². The molecule has 9 nitrogen and oxygen atoms in total. The van der Waals surface area contributed by atoms with E-state index in [0.717, 1.165) is 83.5 Å². The molecular formula is C47H76NO8P. The van der Waals surface area contributed by atoms with Crippen LogP contribution in [-0.4, -0.2) is 68.3 Å². The average Bonchev–Trinajstić information content (AvgIpc) is 3.18. The molecule has 322 valence electrons.